The number of piperidine rings is 1. The number of nitro groups is 1. The number of likely N-dealkylation sites (tertiary alicyclic amines) is 1. The molecule has 1 fully saturated rings. The molecule has 1 aliphatic rings. The van der Waals surface area contributed by atoms with Crippen molar-refractivity contribution in [2.24, 2.45) is 5.92 Å². The molecule has 1 aliphatic heterocycles. The van der Waals surface area contributed by atoms with Crippen molar-refractivity contribution in [3.05, 3.63) is 51.2 Å². The van der Waals surface area contributed by atoms with Crippen molar-refractivity contribution in [1.82, 2.24) is 20.4 Å². The summed E-state index contributed by atoms with van der Waals surface area (Å²) in [5, 5.41) is 17.5. The Morgan fingerprint density at radius 2 is 2.04 bits per heavy atom. The number of nitrogens with one attached hydrogen (secondary N) is 1. The highest BCUT2D eigenvalue weighted by Gasteiger charge is 2.28. The molecule has 10 heteroatoms. The first-order valence-corrected chi connectivity index (χ1v) is 8.96. The molecule has 0 aliphatic carbocycles. The van der Waals surface area contributed by atoms with Crippen LogP contribution in [-0.2, 0) is 11.3 Å². The molecule has 2 heterocycles. The Kier molecular flexibility index (Phi) is 5.67. The minimum absolute atomic E-state index is 0.0728. The zero-order valence-corrected chi connectivity index (χ0v) is 15.7. The normalized spacial score (nSPS) is 14.7. The minimum atomic E-state index is -0.492. The zero-order valence-electron chi connectivity index (χ0n) is 15.7. The van der Waals surface area contributed by atoms with Gasteiger partial charge in [-0.15, -0.1) is 0 Å². The summed E-state index contributed by atoms with van der Waals surface area (Å²) in [6.07, 6.45) is 1.04. The molecule has 0 radical (unpaired) electrons. The fraction of sp³-hybridized carbons (Fsp3) is 0.444. The van der Waals surface area contributed by atoms with Crippen LogP contribution in [0.3, 0.4) is 0 Å². The maximum absolute atomic E-state index is 12.7. The maximum atomic E-state index is 12.7. The molecule has 0 unspecified atom stereocenters. The molecular weight excluding hydrogens is 366 g/mol. The number of hydrogen-bond donors (Lipinski definition) is 1. The van der Waals surface area contributed by atoms with E-state index in [1.807, 2.05) is 0 Å². The van der Waals surface area contributed by atoms with Crippen molar-refractivity contribution in [1.29, 1.82) is 0 Å². The van der Waals surface area contributed by atoms with E-state index in [-0.39, 0.29) is 35.5 Å². The quantitative estimate of drug-likeness (QED) is 0.611. The molecule has 1 aromatic carbocycles. The van der Waals surface area contributed by atoms with Crippen LogP contribution in [0.1, 0.15) is 40.5 Å². The first-order valence-electron chi connectivity index (χ1n) is 8.96. The summed E-state index contributed by atoms with van der Waals surface area (Å²) in [7, 11) is 0. The SMILES string of the molecule is Cc1noc(CNC(=O)C2CCN(C(=O)c3ccc(C)c([N+](=O)[O-])c3)CC2)n1. The van der Waals surface area contributed by atoms with E-state index in [1.54, 1.807) is 30.9 Å². The van der Waals surface area contributed by atoms with Crippen molar-refractivity contribution in [3.63, 3.8) is 0 Å². The average molecular weight is 387 g/mol. The lowest BCUT2D eigenvalue weighted by molar-refractivity contribution is -0.385. The number of amides is 2. The van der Waals surface area contributed by atoms with Gasteiger partial charge in [-0.1, -0.05) is 11.2 Å². The summed E-state index contributed by atoms with van der Waals surface area (Å²) in [5.74, 6) is 0.268. The Hall–Kier alpha value is -3.30. The molecular formula is C18H21N5O5. The summed E-state index contributed by atoms with van der Waals surface area (Å²) < 4.78 is 4.96. The monoisotopic (exact) mass is 387 g/mol. The van der Waals surface area contributed by atoms with Gasteiger partial charge in [0.2, 0.25) is 11.8 Å². The molecule has 3 rings (SSSR count). The second-order valence-corrected chi connectivity index (χ2v) is 6.78. The topological polar surface area (TPSA) is 131 Å². The third-order valence-electron chi connectivity index (χ3n) is 4.79. The third-order valence-corrected chi connectivity index (χ3v) is 4.79. The van der Waals surface area contributed by atoms with Crippen LogP contribution in [0.5, 0.6) is 0 Å². The van der Waals surface area contributed by atoms with E-state index in [2.05, 4.69) is 15.5 Å². The first-order chi connectivity index (χ1) is 13.3. The number of carbonyl (C=O) groups excluding carboxylic acids is 2. The fourth-order valence-corrected chi connectivity index (χ4v) is 3.19. The van der Waals surface area contributed by atoms with Crippen LogP contribution in [0.2, 0.25) is 0 Å². The van der Waals surface area contributed by atoms with Crippen molar-refractivity contribution in [2.45, 2.75) is 33.2 Å². The molecule has 2 amide bonds. The number of nitro benzene ring substituents is 1. The van der Waals surface area contributed by atoms with Gasteiger partial charge in [0.25, 0.3) is 11.6 Å². The molecule has 1 aromatic heterocycles. The molecule has 1 saturated heterocycles. The van der Waals surface area contributed by atoms with Crippen LogP contribution >= 0.6 is 0 Å². The van der Waals surface area contributed by atoms with Crippen molar-refractivity contribution in [3.8, 4) is 0 Å². The lowest BCUT2D eigenvalue weighted by Gasteiger charge is -2.31. The van der Waals surface area contributed by atoms with Crippen molar-refractivity contribution in [2.75, 3.05) is 13.1 Å². The Balaban J connectivity index is 1.54. The van der Waals surface area contributed by atoms with Gasteiger partial charge in [-0.25, -0.2) is 0 Å². The van der Waals surface area contributed by atoms with E-state index < -0.39 is 4.92 Å². The standard InChI is InChI=1S/C18H21N5O5/c1-11-3-4-14(9-15(11)23(26)27)18(25)22-7-5-13(6-8-22)17(24)19-10-16-20-12(2)21-28-16/h3-4,9,13H,5-8,10H2,1-2H3,(H,19,24). The predicted molar refractivity (Wildman–Crippen MR) is 97.3 cm³/mol. The number of hydrogen-bond acceptors (Lipinski definition) is 7. The number of carbonyl (C=O) groups is 2. The Morgan fingerprint density at radius 3 is 2.64 bits per heavy atom. The number of rotatable bonds is 5. The maximum Gasteiger partial charge on any atom is 0.273 e. The highest BCUT2D eigenvalue weighted by Crippen LogP contribution is 2.23. The van der Waals surface area contributed by atoms with E-state index in [4.69, 9.17) is 4.52 Å². The van der Waals surface area contributed by atoms with E-state index >= 15 is 0 Å². The number of nitrogens with zero attached hydrogens (tertiary/aromatic N) is 4. The largest absolute Gasteiger partial charge is 0.347 e. The number of benzene rings is 1. The van der Waals surface area contributed by atoms with Gasteiger partial charge in [-0.3, -0.25) is 19.7 Å². The smallest absolute Gasteiger partial charge is 0.273 e. The molecule has 0 bridgehead atoms. The summed E-state index contributed by atoms with van der Waals surface area (Å²) in [5.41, 5.74) is 0.719. The third kappa shape index (κ3) is 4.33. The molecule has 28 heavy (non-hydrogen) atoms. The van der Waals surface area contributed by atoms with Gasteiger partial charge in [-0.05, 0) is 32.8 Å². The van der Waals surface area contributed by atoms with Crippen molar-refractivity contribution >= 4 is 17.5 Å². The second-order valence-electron chi connectivity index (χ2n) is 6.78. The fourth-order valence-electron chi connectivity index (χ4n) is 3.19. The minimum Gasteiger partial charge on any atom is -0.347 e. The molecule has 1 N–H and O–H groups in total. The van der Waals surface area contributed by atoms with Gasteiger partial charge in [0.05, 0.1) is 11.5 Å². The van der Waals surface area contributed by atoms with Crippen LogP contribution < -0.4 is 5.32 Å². The summed E-state index contributed by atoms with van der Waals surface area (Å²) in [4.78, 5) is 41.2. The van der Waals surface area contributed by atoms with E-state index in [1.165, 1.54) is 6.07 Å². The van der Waals surface area contributed by atoms with Crippen LogP contribution in [0.25, 0.3) is 0 Å². The average Bonchev–Trinajstić information content (AvgIpc) is 3.11. The van der Waals surface area contributed by atoms with Crippen LogP contribution in [0.4, 0.5) is 5.69 Å². The highest BCUT2D eigenvalue weighted by molar-refractivity contribution is 5.95. The lowest BCUT2D eigenvalue weighted by Crippen LogP contribution is -2.43. The predicted octanol–water partition coefficient (Wildman–Crippen LogP) is 1.76. The van der Waals surface area contributed by atoms with Gasteiger partial charge < -0.3 is 14.7 Å². The van der Waals surface area contributed by atoms with Crippen LogP contribution in [0, 0.1) is 29.9 Å². The second kappa shape index (κ2) is 8.15. The van der Waals surface area contributed by atoms with Crippen LogP contribution in [0.15, 0.2) is 22.7 Å². The summed E-state index contributed by atoms with van der Waals surface area (Å²) in [6.45, 7) is 4.33. The van der Waals surface area contributed by atoms with Gasteiger partial charge in [0, 0.05) is 36.2 Å². The van der Waals surface area contributed by atoms with E-state index in [9.17, 15) is 19.7 Å². The highest BCUT2D eigenvalue weighted by atomic mass is 16.6. The molecule has 2 aromatic rings. The first kappa shape index (κ1) is 19.5. The Labute approximate surface area is 161 Å². The van der Waals surface area contributed by atoms with Gasteiger partial charge >= 0.3 is 0 Å². The zero-order chi connectivity index (χ0) is 20.3. The van der Waals surface area contributed by atoms with E-state index in [0.29, 0.717) is 43.2 Å². The molecule has 148 valence electrons. The molecule has 0 saturated carbocycles. The molecule has 0 atom stereocenters. The van der Waals surface area contributed by atoms with Crippen molar-refractivity contribution < 1.29 is 19.0 Å². The Morgan fingerprint density at radius 1 is 1.32 bits per heavy atom. The van der Waals surface area contributed by atoms with Gasteiger partial charge in [0.1, 0.15) is 0 Å². The lowest BCUT2D eigenvalue weighted by atomic mass is 9.95. The van der Waals surface area contributed by atoms with E-state index in [0.717, 1.165) is 0 Å². The molecule has 0 spiro atoms. The number of aromatic nitrogens is 2. The number of aryl methyl sites for hydroxylation is 2. The van der Waals surface area contributed by atoms with Gasteiger partial charge in [0.15, 0.2) is 5.82 Å². The summed E-state index contributed by atoms with van der Waals surface area (Å²) in [6, 6.07) is 4.48. The molecule has 10 nitrogen and oxygen atoms in total. The van der Waals surface area contributed by atoms with Gasteiger partial charge in [-0.2, -0.15) is 4.98 Å². The summed E-state index contributed by atoms with van der Waals surface area (Å²) >= 11 is 0. The van der Waals surface area contributed by atoms with Crippen LogP contribution in [-0.4, -0.2) is 44.9 Å². The Bertz CT molecular complexity index is 902.